The summed E-state index contributed by atoms with van der Waals surface area (Å²) in [6, 6.07) is 26.0. The van der Waals surface area contributed by atoms with Gasteiger partial charge in [0, 0.05) is 30.3 Å². The standard InChI is InChI=1S/C24H20N4O/c29-24-21-8-4-5-9-22(21)26-23(28(24)16-18-6-2-1-3-7-18)19-10-12-20(13-11-19)27-15-14-25-17-27/h1-15,17,23,26H,16H2/t23-/m1/s1. The van der Waals surface area contributed by atoms with Crippen molar-refractivity contribution in [1.82, 2.24) is 14.5 Å². The van der Waals surface area contributed by atoms with Gasteiger partial charge in [0.2, 0.25) is 0 Å². The highest BCUT2D eigenvalue weighted by molar-refractivity contribution is 6.01. The number of aromatic nitrogens is 2. The van der Waals surface area contributed by atoms with Gasteiger partial charge in [-0.3, -0.25) is 4.79 Å². The number of para-hydroxylation sites is 1. The fraction of sp³-hybridized carbons (Fsp3) is 0.0833. The maximum Gasteiger partial charge on any atom is 0.258 e. The lowest BCUT2D eigenvalue weighted by molar-refractivity contribution is 0.0666. The van der Waals surface area contributed by atoms with Crippen molar-refractivity contribution in [3.63, 3.8) is 0 Å². The number of benzene rings is 3. The second kappa shape index (κ2) is 7.28. The molecule has 0 saturated heterocycles. The van der Waals surface area contributed by atoms with E-state index in [1.807, 2.05) is 82.4 Å². The first-order valence-corrected chi connectivity index (χ1v) is 9.58. The van der Waals surface area contributed by atoms with E-state index in [0.29, 0.717) is 12.1 Å². The van der Waals surface area contributed by atoms with Gasteiger partial charge >= 0.3 is 0 Å². The van der Waals surface area contributed by atoms with Crippen molar-refractivity contribution in [1.29, 1.82) is 0 Å². The summed E-state index contributed by atoms with van der Waals surface area (Å²) in [5.74, 6) is 0.0342. The molecule has 3 aromatic carbocycles. The monoisotopic (exact) mass is 380 g/mol. The third-order valence-corrected chi connectivity index (χ3v) is 5.23. The molecule has 0 spiro atoms. The average Bonchev–Trinajstić information content (AvgIpc) is 3.31. The average molecular weight is 380 g/mol. The Labute approximate surface area is 169 Å². The number of hydrogen-bond donors (Lipinski definition) is 1. The van der Waals surface area contributed by atoms with E-state index in [1.54, 1.807) is 12.5 Å². The van der Waals surface area contributed by atoms with Crippen LogP contribution in [0.25, 0.3) is 5.69 Å². The van der Waals surface area contributed by atoms with Crippen LogP contribution in [0.4, 0.5) is 5.69 Å². The molecule has 1 aliphatic rings. The van der Waals surface area contributed by atoms with Crippen LogP contribution in [0.1, 0.15) is 27.7 Å². The lowest BCUT2D eigenvalue weighted by Crippen LogP contribution is -2.42. The summed E-state index contributed by atoms with van der Waals surface area (Å²) in [5.41, 5.74) is 4.73. The molecular formula is C24H20N4O. The van der Waals surface area contributed by atoms with Gasteiger partial charge in [-0.15, -0.1) is 0 Å². The second-order valence-corrected chi connectivity index (χ2v) is 7.07. The number of imidazole rings is 1. The molecule has 142 valence electrons. The van der Waals surface area contributed by atoms with Crippen LogP contribution in [0.15, 0.2) is 97.6 Å². The van der Waals surface area contributed by atoms with Crippen LogP contribution in [0.3, 0.4) is 0 Å². The largest absolute Gasteiger partial charge is 0.361 e. The molecule has 1 N–H and O–H groups in total. The van der Waals surface area contributed by atoms with Gasteiger partial charge in [-0.05, 0) is 35.4 Å². The second-order valence-electron chi connectivity index (χ2n) is 7.07. The van der Waals surface area contributed by atoms with E-state index in [2.05, 4.69) is 22.4 Å². The van der Waals surface area contributed by atoms with Gasteiger partial charge in [-0.25, -0.2) is 4.98 Å². The fourth-order valence-electron chi connectivity index (χ4n) is 3.74. The van der Waals surface area contributed by atoms with E-state index in [9.17, 15) is 4.79 Å². The van der Waals surface area contributed by atoms with Gasteiger partial charge in [-0.1, -0.05) is 54.6 Å². The predicted molar refractivity (Wildman–Crippen MR) is 113 cm³/mol. The third-order valence-electron chi connectivity index (χ3n) is 5.23. The van der Waals surface area contributed by atoms with Crippen LogP contribution >= 0.6 is 0 Å². The number of carbonyl (C=O) groups excluding carboxylic acids is 1. The summed E-state index contributed by atoms with van der Waals surface area (Å²) in [5, 5.41) is 3.55. The van der Waals surface area contributed by atoms with E-state index in [0.717, 1.165) is 22.5 Å². The van der Waals surface area contributed by atoms with E-state index in [-0.39, 0.29) is 12.1 Å². The quantitative estimate of drug-likeness (QED) is 0.561. The molecular weight excluding hydrogens is 360 g/mol. The Morgan fingerprint density at radius 2 is 1.66 bits per heavy atom. The SMILES string of the molecule is O=C1c2ccccc2N[C@@H](c2ccc(-n3ccnc3)cc2)N1Cc1ccccc1. The van der Waals surface area contributed by atoms with E-state index >= 15 is 0 Å². The number of carbonyl (C=O) groups is 1. The molecule has 5 rings (SSSR count). The van der Waals surface area contributed by atoms with Crippen LogP contribution in [-0.2, 0) is 6.54 Å². The first-order valence-electron chi connectivity index (χ1n) is 9.58. The Bertz CT molecular complexity index is 1120. The molecule has 0 aliphatic carbocycles. The Hall–Kier alpha value is -3.86. The van der Waals surface area contributed by atoms with Crippen molar-refractivity contribution in [2.45, 2.75) is 12.7 Å². The van der Waals surface area contributed by atoms with Gasteiger partial charge in [0.25, 0.3) is 5.91 Å². The maximum absolute atomic E-state index is 13.3. The van der Waals surface area contributed by atoms with Gasteiger partial charge in [0.1, 0.15) is 6.17 Å². The topological polar surface area (TPSA) is 50.2 Å². The molecule has 1 atom stereocenters. The minimum Gasteiger partial charge on any atom is -0.361 e. The first kappa shape index (κ1) is 17.3. The lowest BCUT2D eigenvalue weighted by atomic mass is 10.0. The number of rotatable bonds is 4. The number of fused-ring (bicyclic) bond motifs is 1. The van der Waals surface area contributed by atoms with Crippen LogP contribution in [0.2, 0.25) is 0 Å². The van der Waals surface area contributed by atoms with Gasteiger partial charge in [-0.2, -0.15) is 0 Å². The van der Waals surface area contributed by atoms with E-state index < -0.39 is 0 Å². The highest BCUT2D eigenvalue weighted by Crippen LogP contribution is 2.34. The fourth-order valence-corrected chi connectivity index (χ4v) is 3.74. The molecule has 5 heteroatoms. The number of nitrogens with zero attached hydrogens (tertiary/aromatic N) is 3. The minimum absolute atomic E-state index is 0.0342. The zero-order valence-electron chi connectivity index (χ0n) is 15.8. The van der Waals surface area contributed by atoms with Gasteiger partial charge < -0.3 is 14.8 Å². The zero-order chi connectivity index (χ0) is 19.6. The van der Waals surface area contributed by atoms with Gasteiger partial charge in [0.05, 0.1) is 11.9 Å². The van der Waals surface area contributed by atoms with Crippen LogP contribution < -0.4 is 5.32 Å². The van der Waals surface area contributed by atoms with Crippen LogP contribution in [0, 0.1) is 0 Å². The summed E-state index contributed by atoms with van der Waals surface area (Å²) in [6.45, 7) is 0.537. The molecule has 0 bridgehead atoms. The molecule has 0 radical (unpaired) electrons. The maximum atomic E-state index is 13.3. The third kappa shape index (κ3) is 3.27. The van der Waals surface area contributed by atoms with Gasteiger partial charge in [0.15, 0.2) is 0 Å². The van der Waals surface area contributed by atoms with Crippen molar-refractivity contribution >= 4 is 11.6 Å². The Morgan fingerprint density at radius 3 is 2.41 bits per heavy atom. The summed E-state index contributed by atoms with van der Waals surface area (Å²) in [7, 11) is 0. The molecule has 0 unspecified atom stereocenters. The number of nitrogens with one attached hydrogen (secondary N) is 1. The normalized spacial score (nSPS) is 15.7. The summed E-state index contributed by atoms with van der Waals surface area (Å²) >= 11 is 0. The molecule has 1 amide bonds. The van der Waals surface area contributed by atoms with Crippen molar-refractivity contribution in [3.05, 3.63) is 114 Å². The molecule has 1 aromatic heterocycles. The van der Waals surface area contributed by atoms with E-state index in [1.165, 1.54) is 0 Å². The molecule has 0 fully saturated rings. The number of anilines is 1. The molecule has 4 aromatic rings. The number of amides is 1. The molecule has 1 aliphatic heterocycles. The molecule has 5 nitrogen and oxygen atoms in total. The molecule has 2 heterocycles. The Balaban J connectivity index is 1.52. The zero-order valence-corrected chi connectivity index (χ0v) is 15.8. The Morgan fingerprint density at radius 1 is 0.897 bits per heavy atom. The van der Waals surface area contributed by atoms with E-state index in [4.69, 9.17) is 0 Å². The van der Waals surface area contributed by atoms with Crippen molar-refractivity contribution in [2.75, 3.05) is 5.32 Å². The summed E-state index contributed by atoms with van der Waals surface area (Å²) in [4.78, 5) is 19.3. The van der Waals surface area contributed by atoms with Crippen LogP contribution in [0.5, 0.6) is 0 Å². The lowest BCUT2D eigenvalue weighted by Gasteiger charge is -2.38. The van der Waals surface area contributed by atoms with Crippen LogP contribution in [-0.4, -0.2) is 20.4 Å². The summed E-state index contributed by atoms with van der Waals surface area (Å²) < 4.78 is 1.96. The molecule has 29 heavy (non-hydrogen) atoms. The van der Waals surface area contributed by atoms with Crippen molar-refractivity contribution in [2.24, 2.45) is 0 Å². The highest BCUT2D eigenvalue weighted by Gasteiger charge is 2.32. The predicted octanol–water partition coefficient (Wildman–Crippen LogP) is 4.64. The highest BCUT2D eigenvalue weighted by atomic mass is 16.2. The first-order chi connectivity index (χ1) is 14.3. The Kier molecular flexibility index (Phi) is 4.33. The van der Waals surface area contributed by atoms with Crippen molar-refractivity contribution in [3.8, 4) is 5.69 Å². The number of hydrogen-bond acceptors (Lipinski definition) is 3. The summed E-state index contributed by atoms with van der Waals surface area (Å²) in [6.07, 6.45) is 5.20. The van der Waals surface area contributed by atoms with Crippen molar-refractivity contribution < 1.29 is 4.79 Å². The molecule has 0 saturated carbocycles. The smallest absolute Gasteiger partial charge is 0.258 e. The minimum atomic E-state index is -0.241.